The molecule has 4 N–H and O–H groups in total. The number of carbonyl (C=O) groups excluding carboxylic acids is 3. The zero-order valence-electron chi connectivity index (χ0n) is 25.3. The van der Waals surface area contributed by atoms with Crippen LogP contribution in [-0.2, 0) is 14.4 Å². The standard InChI is InChI=1S/C37H44N4O3/c38-26-12-29-39-27-10-11-28-40-30-25-34(35(42)22-19-31-13-4-1-5-14-31)41(36(43)23-20-32-15-6-2-7-16-32)37(44)24-21-33-17-8-3-9-18-33/h1-9,13-24,34,39-40H,10-12,25-30,38H2. The highest BCUT2D eigenvalue weighted by Crippen LogP contribution is 2.14. The van der Waals surface area contributed by atoms with Gasteiger partial charge in [0.15, 0.2) is 5.78 Å². The van der Waals surface area contributed by atoms with E-state index in [0.717, 1.165) is 60.5 Å². The highest BCUT2D eigenvalue weighted by atomic mass is 16.2. The minimum atomic E-state index is -0.985. The summed E-state index contributed by atoms with van der Waals surface area (Å²) < 4.78 is 0. The Bertz CT molecular complexity index is 1290. The van der Waals surface area contributed by atoms with Crippen molar-refractivity contribution in [3.05, 3.63) is 126 Å². The maximum Gasteiger partial charge on any atom is 0.254 e. The van der Waals surface area contributed by atoms with Crippen molar-refractivity contribution in [1.29, 1.82) is 0 Å². The van der Waals surface area contributed by atoms with Crippen molar-refractivity contribution in [1.82, 2.24) is 15.5 Å². The third kappa shape index (κ3) is 12.8. The van der Waals surface area contributed by atoms with E-state index in [1.165, 1.54) is 18.2 Å². The highest BCUT2D eigenvalue weighted by molar-refractivity contribution is 6.12. The lowest BCUT2D eigenvalue weighted by atomic mass is 10.0. The summed E-state index contributed by atoms with van der Waals surface area (Å²) in [6.07, 6.45) is 12.4. The van der Waals surface area contributed by atoms with Crippen LogP contribution in [-0.4, -0.2) is 61.3 Å². The molecule has 44 heavy (non-hydrogen) atoms. The summed E-state index contributed by atoms with van der Waals surface area (Å²) in [6, 6.07) is 27.2. The van der Waals surface area contributed by atoms with Crippen molar-refractivity contribution in [3.63, 3.8) is 0 Å². The molecule has 1 unspecified atom stereocenters. The zero-order chi connectivity index (χ0) is 31.2. The van der Waals surface area contributed by atoms with Crippen LogP contribution in [0, 0.1) is 0 Å². The van der Waals surface area contributed by atoms with Crippen molar-refractivity contribution >= 4 is 35.8 Å². The number of carbonyl (C=O) groups is 3. The number of amides is 2. The maximum atomic E-state index is 13.7. The van der Waals surface area contributed by atoms with E-state index in [4.69, 9.17) is 5.73 Å². The molecule has 1 atom stereocenters. The number of hydrogen-bond acceptors (Lipinski definition) is 6. The second kappa shape index (κ2) is 20.5. The highest BCUT2D eigenvalue weighted by Gasteiger charge is 2.31. The van der Waals surface area contributed by atoms with Crippen LogP contribution in [0.25, 0.3) is 18.2 Å². The first-order valence-electron chi connectivity index (χ1n) is 15.3. The fourth-order valence-corrected chi connectivity index (χ4v) is 4.51. The molecule has 0 fully saturated rings. The SMILES string of the molecule is NCCCNCCCCNCCC(C(=O)C=Cc1ccccc1)N(C(=O)C=Cc1ccccc1)C(=O)C=Cc1ccccc1. The van der Waals surface area contributed by atoms with Gasteiger partial charge in [0, 0.05) is 12.2 Å². The molecule has 0 radical (unpaired) electrons. The van der Waals surface area contributed by atoms with Gasteiger partial charge in [-0.3, -0.25) is 19.3 Å². The maximum absolute atomic E-state index is 13.7. The molecule has 0 saturated carbocycles. The second-order valence-electron chi connectivity index (χ2n) is 10.3. The smallest absolute Gasteiger partial charge is 0.254 e. The predicted octanol–water partition coefficient (Wildman–Crippen LogP) is 5.12. The Kier molecular flexibility index (Phi) is 15.8. The Labute approximate surface area is 261 Å². The summed E-state index contributed by atoms with van der Waals surface area (Å²) >= 11 is 0. The molecule has 230 valence electrons. The molecule has 3 aromatic carbocycles. The molecule has 0 saturated heterocycles. The molecule has 0 spiro atoms. The number of unbranched alkanes of at least 4 members (excludes halogenated alkanes) is 1. The topological polar surface area (TPSA) is 105 Å². The molecule has 0 aromatic heterocycles. The van der Waals surface area contributed by atoms with E-state index < -0.39 is 17.9 Å². The molecule has 3 aromatic rings. The zero-order valence-corrected chi connectivity index (χ0v) is 25.3. The Hall–Kier alpha value is -4.43. The lowest BCUT2D eigenvalue weighted by molar-refractivity contribution is -0.145. The molecule has 2 amide bonds. The van der Waals surface area contributed by atoms with E-state index >= 15 is 0 Å². The molecule has 0 aliphatic rings. The number of rotatable bonds is 19. The summed E-state index contributed by atoms with van der Waals surface area (Å²) in [5.41, 5.74) is 8.03. The Balaban J connectivity index is 1.79. The average molecular weight is 593 g/mol. The van der Waals surface area contributed by atoms with Crippen molar-refractivity contribution in [2.75, 3.05) is 32.7 Å². The quantitative estimate of drug-likeness (QED) is 0.132. The lowest BCUT2D eigenvalue weighted by Gasteiger charge is -2.27. The van der Waals surface area contributed by atoms with Gasteiger partial charge >= 0.3 is 0 Å². The van der Waals surface area contributed by atoms with E-state index in [9.17, 15) is 14.4 Å². The van der Waals surface area contributed by atoms with Crippen LogP contribution in [0.1, 0.15) is 42.4 Å². The number of nitrogens with zero attached hydrogens (tertiary/aromatic N) is 1. The van der Waals surface area contributed by atoms with Gasteiger partial charge in [-0.2, -0.15) is 0 Å². The van der Waals surface area contributed by atoms with Crippen molar-refractivity contribution in [2.45, 2.75) is 31.7 Å². The third-order valence-corrected chi connectivity index (χ3v) is 6.90. The lowest BCUT2D eigenvalue weighted by Crippen LogP contribution is -2.48. The summed E-state index contributed by atoms with van der Waals surface area (Å²) in [6.45, 7) is 3.76. The number of imide groups is 1. The molecule has 0 aliphatic heterocycles. The van der Waals surface area contributed by atoms with Crippen LogP contribution in [0.2, 0.25) is 0 Å². The van der Waals surface area contributed by atoms with Crippen LogP contribution >= 0.6 is 0 Å². The van der Waals surface area contributed by atoms with Crippen LogP contribution in [0.3, 0.4) is 0 Å². The number of nitrogens with two attached hydrogens (primary N) is 1. The van der Waals surface area contributed by atoms with Gasteiger partial charge in [0.1, 0.15) is 6.04 Å². The monoisotopic (exact) mass is 592 g/mol. The molecule has 7 nitrogen and oxygen atoms in total. The Morgan fingerprint density at radius 3 is 1.45 bits per heavy atom. The van der Waals surface area contributed by atoms with Gasteiger partial charge in [0.2, 0.25) is 0 Å². The van der Waals surface area contributed by atoms with Crippen molar-refractivity contribution in [2.24, 2.45) is 5.73 Å². The van der Waals surface area contributed by atoms with Gasteiger partial charge in [0.25, 0.3) is 11.8 Å². The number of hydrogen-bond donors (Lipinski definition) is 3. The molecule has 7 heteroatoms. The van der Waals surface area contributed by atoms with Crippen molar-refractivity contribution in [3.8, 4) is 0 Å². The van der Waals surface area contributed by atoms with E-state index in [0.29, 0.717) is 13.1 Å². The molecule has 0 bridgehead atoms. The number of ketones is 1. The molecule has 0 heterocycles. The predicted molar refractivity (Wildman–Crippen MR) is 180 cm³/mol. The van der Waals surface area contributed by atoms with Gasteiger partial charge in [0.05, 0.1) is 0 Å². The van der Waals surface area contributed by atoms with E-state index in [1.54, 1.807) is 18.2 Å². The minimum Gasteiger partial charge on any atom is -0.330 e. The van der Waals surface area contributed by atoms with Crippen molar-refractivity contribution < 1.29 is 14.4 Å². The van der Waals surface area contributed by atoms with E-state index in [1.807, 2.05) is 91.0 Å². The fraction of sp³-hybridized carbons (Fsp3) is 0.270. The summed E-state index contributed by atoms with van der Waals surface area (Å²) in [5, 5.41) is 6.76. The first-order valence-corrected chi connectivity index (χ1v) is 15.3. The number of benzene rings is 3. The number of nitrogens with one attached hydrogen (secondary N) is 2. The second-order valence-corrected chi connectivity index (χ2v) is 10.3. The first-order chi connectivity index (χ1) is 21.6. The normalized spacial score (nSPS) is 12.2. The van der Waals surface area contributed by atoms with Gasteiger partial charge in [-0.25, -0.2) is 0 Å². The molecule has 3 rings (SSSR count). The largest absolute Gasteiger partial charge is 0.330 e. The van der Waals surface area contributed by atoms with E-state index in [-0.39, 0.29) is 12.2 Å². The van der Waals surface area contributed by atoms with Gasteiger partial charge < -0.3 is 16.4 Å². The first kappa shape index (κ1) is 34.1. The van der Waals surface area contributed by atoms with Gasteiger partial charge in [-0.1, -0.05) is 97.1 Å². The molecular formula is C37H44N4O3. The molecular weight excluding hydrogens is 548 g/mol. The van der Waals surface area contributed by atoms with Crippen LogP contribution in [0.5, 0.6) is 0 Å². The minimum absolute atomic E-state index is 0.280. The van der Waals surface area contributed by atoms with E-state index in [2.05, 4.69) is 10.6 Å². The Morgan fingerprint density at radius 1 is 0.591 bits per heavy atom. The summed E-state index contributed by atoms with van der Waals surface area (Å²) in [5.74, 6) is -1.42. The average Bonchev–Trinajstić information content (AvgIpc) is 3.06. The van der Waals surface area contributed by atoms with Crippen LogP contribution in [0.4, 0.5) is 0 Å². The third-order valence-electron chi connectivity index (χ3n) is 6.90. The Morgan fingerprint density at radius 2 is 1.00 bits per heavy atom. The fourth-order valence-electron chi connectivity index (χ4n) is 4.51. The van der Waals surface area contributed by atoms with Crippen LogP contribution < -0.4 is 16.4 Å². The van der Waals surface area contributed by atoms with Gasteiger partial charge in [-0.05, 0) is 93.3 Å². The summed E-state index contributed by atoms with van der Waals surface area (Å²) in [7, 11) is 0. The van der Waals surface area contributed by atoms with Crippen LogP contribution in [0.15, 0.2) is 109 Å². The summed E-state index contributed by atoms with van der Waals surface area (Å²) in [4.78, 5) is 42.1. The van der Waals surface area contributed by atoms with Gasteiger partial charge in [-0.15, -0.1) is 0 Å². The molecule has 0 aliphatic carbocycles.